The zero-order valence-corrected chi connectivity index (χ0v) is 7.77. The van der Waals surface area contributed by atoms with Crippen LogP contribution < -0.4 is 5.32 Å². The van der Waals surface area contributed by atoms with Gasteiger partial charge in [-0.3, -0.25) is 4.99 Å². The quantitative estimate of drug-likeness (QED) is 0.441. The van der Waals surface area contributed by atoms with E-state index in [0.29, 0.717) is 0 Å². The minimum atomic E-state index is 1.01. The van der Waals surface area contributed by atoms with Gasteiger partial charge in [0, 0.05) is 6.54 Å². The fourth-order valence-electron chi connectivity index (χ4n) is 0.845. The van der Waals surface area contributed by atoms with Gasteiger partial charge in [-0.05, 0) is 32.6 Å². The maximum absolute atomic E-state index is 4.28. The third-order valence-electron chi connectivity index (χ3n) is 1.54. The van der Waals surface area contributed by atoms with Crippen molar-refractivity contribution in [3.05, 3.63) is 0 Å². The summed E-state index contributed by atoms with van der Waals surface area (Å²) in [7, 11) is 1.96. The van der Waals surface area contributed by atoms with Gasteiger partial charge in [0.05, 0.1) is 0 Å². The van der Waals surface area contributed by atoms with Crippen LogP contribution >= 0.6 is 0 Å². The predicted octanol–water partition coefficient (Wildman–Crippen LogP) is 1.86. The average Bonchev–Trinajstić information content (AvgIpc) is 2.03. The van der Waals surface area contributed by atoms with Crippen molar-refractivity contribution in [3.63, 3.8) is 0 Å². The van der Waals surface area contributed by atoms with Gasteiger partial charge in [-0.25, -0.2) is 0 Å². The van der Waals surface area contributed by atoms with E-state index in [4.69, 9.17) is 0 Å². The third kappa shape index (κ3) is 9.63. The third-order valence-corrected chi connectivity index (χ3v) is 1.54. The molecule has 0 aliphatic carbocycles. The molecule has 0 radical (unpaired) electrons. The molecule has 0 heterocycles. The summed E-state index contributed by atoms with van der Waals surface area (Å²) >= 11 is 0. The van der Waals surface area contributed by atoms with Crippen LogP contribution in [0.25, 0.3) is 0 Å². The first-order valence-corrected chi connectivity index (χ1v) is 4.54. The first kappa shape index (κ1) is 10.6. The van der Waals surface area contributed by atoms with Crippen LogP contribution in [0, 0.1) is 0 Å². The number of unbranched alkanes of at least 4 members (excludes halogenated alkanes) is 2. The predicted molar refractivity (Wildman–Crippen MR) is 51.4 cm³/mol. The second kappa shape index (κ2) is 9.63. The number of rotatable bonds is 7. The Kier molecular flexibility index (Phi) is 9.31. The lowest BCUT2D eigenvalue weighted by Gasteiger charge is -1.92. The van der Waals surface area contributed by atoms with Gasteiger partial charge in [-0.2, -0.15) is 0 Å². The van der Waals surface area contributed by atoms with Crippen LogP contribution in [0.4, 0.5) is 0 Å². The van der Waals surface area contributed by atoms with Crippen LogP contribution in [-0.4, -0.2) is 26.4 Å². The van der Waals surface area contributed by atoms with Crippen molar-refractivity contribution < 1.29 is 0 Å². The molecule has 0 bridgehead atoms. The summed E-state index contributed by atoms with van der Waals surface area (Å²) in [6.07, 6.45) is 6.91. The molecule has 1 N–H and O–H groups in total. The molecular weight excluding hydrogens is 136 g/mol. The molecule has 0 aliphatic heterocycles. The SMILES string of the molecule is CCCCCN=CCCNC. The molecule has 0 saturated carbocycles. The fourth-order valence-corrected chi connectivity index (χ4v) is 0.845. The molecule has 0 amide bonds. The van der Waals surface area contributed by atoms with Gasteiger partial charge in [-0.1, -0.05) is 19.8 Å². The van der Waals surface area contributed by atoms with Crippen molar-refractivity contribution in [1.29, 1.82) is 0 Å². The second-order valence-electron chi connectivity index (χ2n) is 2.69. The molecule has 2 nitrogen and oxygen atoms in total. The largest absolute Gasteiger partial charge is 0.319 e. The maximum Gasteiger partial charge on any atom is 0.0385 e. The standard InChI is InChI=1S/C9H20N2/c1-3-4-5-8-11-9-6-7-10-2/h9-10H,3-8H2,1-2H3. The van der Waals surface area contributed by atoms with Crippen molar-refractivity contribution in [2.24, 2.45) is 4.99 Å². The van der Waals surface area contributed by atoms with Gasteiger partial charge < -0.3 is 5.32 Å². The van der Waals surface area contributed by atoms with E-state index in [2.05, 4.69) is 17.2 Å². The molecule has 0 aromatic carbocycles. The summed E-state index contributed by atoms with van der Waals surface area (Å²) in [4.78, 5) is 4.28. The molecule has 0 aromatic rings. The Morgan fingerprint density at radius 2 is 2.18 bits per heavy atom. The van der Waals surface area contributed by atoms with Crippen molar-refractivity contribution >= 4 is 6.21 Å². The Morgan fingerprint density at radius 3 is 2.82 bits per heavy atom. The van der Waals surface area contributed by atoms with E-state index in [1.165, 1.54) is 19.3 Å². The van der Waals surface area contributed by atoms with Crippen LogP contribution in [0.5, 0.6) is 0 Å². The van der Waals surface area contributed by atoms with E-state index >= 15 is 0 Å². The molecule has 0 unspecified atom stereocenters. The Bertz CT molecular complexity index is 89.6. The second-order valence-corrected chi connectivity index (χ2v) is 2.69. The highest BCUT2D eigenvalue weighted by atomic mass is 14.8. The summed E-state index contributed by atoms with van der Waals surface area (Å²) in [6, 6.07) is 0. The van der Waals surface area contributed by atoms with Gasteiger partial charge in [0.2, 0.25) is 0 Å². The normalized spacial score (nSPS) is 11.1. The number of aliphatic imine (C=N–C) groups is 1. The lowest BCUT2D eigenvalue weighted by molar-refractivity contribution is 0.727. The minimum absolute atomic E-state index is 1.01. The number of nitrogens with one attached hydrogen (secondary N) is 1. The molecule has 11 heavy (non-hydrogen) atoms. The summed E-state index contributed by atoms with van der Waals surface area (Å²) in [5, 5.41) is 3.08. The average molecular weight is 156 g/mol. The smallest absolute Gasteiger partial charge is 0.0385 e. The van der Waals surface area contributed by atoms with Crippen LogP contribution in [0.2, 0.25) is 0 Å². The number of hydrogen-bond acceptors (Lipinski definition) is 2. The molecule has 0 fully saturated rings. The van der Waals surface area contributed by atoms with Crippen molar-refractivity contribution in [2.45, 2.75) is 32.6 Å². The Hall–Kier alpha value is -0.370. The monoisotopic (exact) mass is 156 g/mol. The summed E-state index contributed by atoms with van der Waals surface area (Å²) < 4.78 is 0. The molecule has 0 spiro atoms. The Morgan fingerprint density at radius 1 is 1.36 bits per heavy atom. The summed E-state index contributed by atoms with van der Waals surface area (Å²) in [5.74, 6) is 0. The molecule has 0 aromatic heterocycles. The maximum atomic E-state index is 4.28. The van der Waals surface area contributed by atoms with Crippen molar-refractivity contribution in [2.75, 3.05) is 20.1 Å². The molecule has 0 atom stereocenters. The molecule has 66 valence electrons. The van der Waals surface area contributed by atoms with E-state index < -0.39 is 0 Å². The summed E-state index contributed by atoms with van der Waals surface area (Å²) in [6.45, 7) is 4.26. The van der Waals surface area contributed by atoms with Crippen LogP contribution in [-0.2, 0) is 0 Å². The van der Waals surface area contributed by atoms with Gasteiger partial charge in [-0.15, -0.1) is 0 Å². The lowest BCUT2D eigenvalue weighted by Crippen LogP contribution is -2.07. The van der Waals surface area contributed by atoms with Gasteiger partial charge in [0.1, 0.15) is 0 Å². The number of hydrogen-bond donors (Lipinski definition) is 1. The van der Waals surface area contributed by atoms with Gasteiger partial charge in [0.15, 0.2) is 0 Å². The zero-order valence-electron chi connectivity index (χ0n) is 7.77. The lowest BCUT2D eigenvalue weighted by atomic mass is 10.2. The van der Waals surface area contributed by atoms with E-state index in [0.717, 1.165) is 19.5 Å². The fraction of sp³-hybridized carbons (Fsp3) is 0.889. The summed E-state index contributed by atoms with van der Waals surface area (Å²) in [5.41, 5.74) is 0. The van der Waals surface area contributed by atoms with Crippen molar-refractivity contribution in [1.82, 2.24) is 5.32 Å². The Balaban J connectivity index is 2.91. The van der Waals surface area contributed by atoms with Crippen LogP contribution in [0.1, 0.15) is 32.6 Å². The van der Waals surface area contributed by atoms with Crippen molar-refractivity contribution in [3.8, 4) is 0 Å². The minimum Gasteiger partial charge on any atom is -0.319 e. The van der Waals surface area contributed by atoms with Crippen LogP contribution in [0.15, 0.2) is 4.99 Å². The molecule has 0 saturated heterocycles. The van der Waals surface area contributed by atoms with E-state index in [1.807, 2.05) is 13.3 Å². The topological polar surface area (TPSA) is 24.4 Å². The number of nitrogens with zero attached hydrogens (tertiary/aromatic N) is 1. The highest BCUT2D eigenvalue weighted by Gasteiger charge is 1.81. The molecular formula is C9H20N2. The Labute approximate surface area is 70.1 Å². The zero-order chi connectivity index (χ0) is 8.36. The van der Waals surface area contributed by atoms with Gasteiger partial charge in [0.25, 0.3) is 0 Å². The van der Waals surface area contributed by atoms with E-state index in [-0.39, 0.29) is 0 Å². The van der Waals surface area contributed by atoms with Crippen LogP contribution in [0.3, 0.4) is 0 Å². The van der Waals surface area contributed by atoms with E-state index in [9.17, 15) is 0 Å². The first-order valence-electron chi connectivity index (χ1n) is 4.54. The van der Waals surface area contributed by atoms with Gasteiger partial charge >= 0.3 is 0 Å². The molecule has 2 heteroatoms. The highest BCUT2D eigenvalue weighted by Crippen LogP contribution is 1.92. The van der Waals surface area contributed by atoms with E-state index in [1.54, 1.807) is 0 Å². The highest BCUT2D eigenvalue weighted by molar-refractivity contribution is 5.57. The molecule has 0 rings (SSSR count). The first-order chi connectivity index (χ1) is 5.41. The molecule has 0 aliphatic rings.